The van der Waals surface area contributed by atoms with Gasteiger partial charge in [-0.05, 0) is 37.1 Å². The van der Waals surface area contributed by atoms with Gasteiger partial charge in [0.2, 0.25) is 0 Å². The minimum absolute atomic E-state index is 0.233. The minimum atomic E-state index is -1.92. The minimum Gasteiger partial charge on any atom is -0.385 e. The number of fused-ring (bicyclic) bond motifs is 1. The first-order valence-electron chi connectivity index (χ1n) is 7.47. The first-order valence-corrected chi connectivity index (χ1v) is 7.85. The third kappa shape index (κ3) is 1.75. The number of Topliss-reactive ketones (excluding diaryl/α,β-unsaturated/α-hetero) is 1. The molecule has 7 heteroatoms. The van der Waals surface area contributed by atoms with Gasteiger partial charge in [-0.25, -0.2) is 0 Å². The third-order valence-corrected chi connectivity index (χ3v) is 5.36. The lowest BCUT2D eigenvalue weighted by Crippen LogP contribution is -2.48. The molecule has 1 aliphatic heterocycles. The highest BCUT2D eigenvalue weighted by Crippen LogP contribution is 2.65. The summed E-state index contributed by atoms with van der Waals surface area (Å²) in [6.07, 6.45) is 0. The number of benzene rings is 1. The maximum absolute atomic E-state index is 12.8. The van der Waals surface area contributed by atoms with E-state index in [0.717, 1.165) is 0 Å². The van der Waals surface area contributed by atoms with Gasteiger partial charge in [-0.1, -0.05) is 23.7 Å². The molecule has 1 amide bonds. The van der Waals surface area contributed by atoms with Gasteiger partial charge in [0.1, 0.15) is 5.84 Å². The average molecular weight is 353 g/mol. The Kier molecular flexibility index (Phi) is 3.56. The van der Waals surface area contributed by atoms with E-state index in [4.69, 9.17) is 17.3 Å². The van der Waals surface area contributed by atoms with E-state index in [9.17, 15) is 20.1 Å². The fourth-order valence-electron chi connectivity index (χ4n) is 4.10. The van der Waals surface area contributed by atoms with Crippen LogP contribution in [0.1, 0.15) is 25.3 Å². The zero-order valence-electron chi connectivity index (χ0n) is 13.5. The van der Waals surface area contributed by atoms with Crippen molar-refractivity contribution in [2.24, 2.45) is 21.6 Å². The van der Waals surface area contributed by atoms with E-state index >= 15 is 0 Å². The molecule has 2 N–H and O–H groups in total. The monoisotopic (exact) mass is 352 g/mol. The lowest BCUT2D eigenvalue weighted by molar-refractivity contribution is -0.125. The van der Waals surface area contributed by atoms with E-state index in [1.807, 2.05) is 12.1 Å². The number of ketones is 1. The largest absolute Gasteiger partial charge is 0.385 e. The van der Waals surface area contributed by atoms with Gasteiger partial charge in [-0.2, -0.15) is 15.5 Å². The van der Waals surface area contributed by atoms with Crippen molar-refractivity contribution in [2.45, 2.75) is 19.8 Å². The van der Waals surface area contributed by atoms with Crippen LogP contribution in [0, 0.1) is 33.5 Å². The van der Waals surface area contributed by atoms with Gasteiger partial charge < -0.3 is 5.73 Å². The zero-order chi connectivity index (χ0) is 18.6. The fourth-order valence-corrected chi connectivity index (χ4v) is 4.30. The molecule has 0 saturated heterocycles. The molecule has 0 fully saturated rings. The van der Waals surface area contributed by atoms with Gasteiger partial charge in [0, 0.05) is 16.5 Å². The second kappa shape index (κ2) is 5.27. The van der Waals surface area contributed by atoms with E-state index in [2.05, 4.69) is 4.99 Å². The van der Waals surface area contributed by atoms with Crippen molar-refractivity contribution >= 4 is 29.1 Å². The SMILES string of the molecule is CC(=O)C1=C(C)C2(C#N)C(N)=NC(=O)C2(C#N)C1c1cccc(Cl)c1. The van der Waals surface area contributed by atoms with Crippen molar-refractivity contribution in [1.29, 1.82) is 10.5 Å². The summed E-state index contributed by atoms with van der Waals surface area (Å²) in [4.78, 5) is 28.9. The van der Waals surface area contributed by atoms with Gasteiger partial charge in [0.15, 0.2) is 16.6 Å². The molecular weight excluding hydrogens is 340 g/mol. The van der Waals surface area contributed by atoms with Gasteiger partial charge in [-0.3, -0.25) is 9.59 Å². The number of amides is 1. The van der Waals surface area contributed by atoms with E-state index in [0.29, 0.717) is 16.2 Å². The van der Waals surface area contributed by atoms with Crippen LogP contribution in [0.2, 0.25) is 5.02 Å². The maximum Gasteiger partial charge on any atom is 0.271 e. The van der Waals surface area contributed by atoms with E-state index in [-0.39, 0.29) is 17.2 Å². The molecule has 3 unspecified atom stereocenters. The van der Waals surface area contributed by atoms with Crippen molar-refractivity contribution in [3.63, 3.8) is 0 Å². The summed E-state index contributed by atoms with van der Waals surface area (Å²) in [6, 6.07) is 10.6. The summed E-state index contributed by atoms with van der Waals surface area (Å²) in [5, 5.41) is 20.3. The van der Waals surface area contributed by atoms with Crippen LogP contribution in [0.15, 0.2) is 40.4 Å². The van der Waals surface area contributed by atoms with Crippen LogP contribution in [-0.4, -0.2) is 17.5 Å². The predicted molar refractivity (Wildman–Crippen MR) is 90.3 cm³/mol. The Balaban J connectivity index is 2.46. The Morgan fingerprint density at radius 2 is 2.04 bits per heavy atom. The van der Waals surface area contributed by atoms with E-state index in [1.54, 1.807) is 31.2 Å². The number of amidine groups is 1. The lowest BCUT2D eigenvalue weighted by atomic mass is 9.60. The standard InChI is InChI=1S/C18H13ClN4O2/c1-9-13(10(2)24)14(11-4-3-5-12(19)6-11)18(8-21)16(25)23-15(22)17(9,18)7-20/h3-6,14H,1-2H3,(H2,22,23,25). The maximum atomic E-state index is 12.8. The van der Waals surface area contributed by atoms with Crippen molar-refractivity contribution < 1.29 is 9.59 Å². The van der Waals surface area contributed by atoms with Gasteiger partial charge in [0.25, 0.3) is 5.91 Å². The van der Waals surface area contributed by atoms with Crippen molar-refractivity contribution in [3.8, 4) is 12.1 Å². The predicted octanol–water partition coefficient (Wildman–Crippen LogP) is 2.26. The highest BCUT2D eigenvalue weighted by atomic mass is 35.5. The molecule has 124 valence electrons. The number of allylic oxidation sites excluding steroid dienone is 1. The van der Waals surface area contributed by atoms with Crippen LogP contribution in [0.3, 0.4) is 0 Å². The summed E-state index contributed by atoms with van der Waals surface area (Å²) in [7, 11) is 0. The lowest BCUT2D eigenvalue weighted by Gasteiger charge is -2.33. The quantitative estimate of drug-likeness (QED) is 0.875. The highest BCUT2D eigenvalue weighted by Gasteiger charge is 2.74. The molecule has 2 aliphatic rings. The highest BCUT2D eigenvalue weighted by molar-refractivity contribution is 6.30. The van der Waals surface area contributed by atoms with Crippen LogP contribution < -0.4 is 5.73 Å². The molecule has 1 aromatic rings. The summed E-state index contributed by atoms with van der Waals surface area (Å²) in [5.74, 6) is -2.36. The van der Waals surface area contributed by atoms with Crippen molar-refractivity contribution in [1.82, 2.24) is 0 Å². The Morgan fingerprint density at radius 3 is 2.56 bits per heavy atom. The number of aliphatic imine (C=N–C) groups is 1. The molecule has 0 spiro atoms. The van der Waals surface area contributed by atoms with Crippen molar-refractivity contribution in [3.05, 3.63) is 46.0 Å². The summed E-state index contributed by atoms with van der Waals surface area (Å²) in [5.41, 5.74) is 3.27. The van der Waals surface area contributed by atoms with Gasteiger partial charge in [-0.15, -0.1) is 0 Å². The number of hydrogen-bond donors (Lipinski definition) is 1. The van der Waals surface area contributed by atoms with Crippen LogP contribution in [0.4, 0.5) is 0 Å². The van der Waals surface area contributed by atoms with Crippen LogP contribution in [-0.2, 0) is 9.59 Å². The Labute approximate surface area is 149 Å². The van der Waals surface area contributed by atoms with Crippen molar-refractivity contribution in [2.75, 3.05) is 0 Å². The first kappa shape index (κ1) is 16.9. The summed E-state index contributed by atoms with van der Waals surface area (Å²) in [6.45, 7) is 2.89. The Hall–Kier alpha value is -2.96. The summed E-state index contributed by atoms with van der Waals surface area (Å²) >= 11 is 6.06. The number of nitrogens with zero attached hydrogens (tertiary/aromatic N) is 3. The number of halogens is 1. The fraction of sp³-hybridized carbons (Fsp3) is 0.278. The first-order chi connectivity index (χ1) is 11.8. The van der Waals surface area contributed by atoms with Gasteiger partial charge >= 0.3 is 0 Å². The normalized spacial score (nSPS) is 30.5. The van der Waals surface area contributed by atoms with E-state index in [1.165, 1.54) is 6.92 Å². The summed E-state index contributed by atoms with van der Waals surface area (Å²) < 4.78 is 0. The molecule has 1 heterocycles. The number of rotatable bonds is 2. The smallest absolute Gasteiger partial charge is 0.271 e. The molecule has 0 bridgehead atoms. The third-order valence-electron chi connectivity index (χ3n) is 5.13. The molecule has 6 nitrogen and oxygen atoms in total. The molecule has 0 saturated carbocycles. The molecule has 1 aliphatic carbocycles. The Morgan fingerprint density at radius 1 is 1.36 bits per heavy atom. The van der Waals surface area contributed by atoms with Crippen LogP contribution >= 0.6 is 11.6 Å². The average Bonchev–Trinajstić information content (AvgIpc) is 2.93. The molecule has 1 aromatic carbocycles. The second-order valence-corrected chi connectivity index (χ2v) is 6.60. The number of carbonyl (C=O) groups excluding carboxylic acids is 2. The topological polar surface area (TPSA) is 120 Å². The van der Waals surface area contributed by atoms with Crippen LogP contribution in [0.25, 0.3) is 0 Å². The molecule has 3 atom stereocenters. The van der Waals surface area contributed by atoms with Crippen LogP contribution in [0.5, 0.6) is 0 Å². The number of carbonyl (C=O) groups is 2. The number of hydrogen-bond acceptors (Lipinski definition) is 5. The Bertz CT molecular complexity index is 982. The molecule has 3 rings (SSSR count). The molecule has 0 aromatic heterocycles. The molecule has 0 radical (unpaired) electrons. The number of nitrogens with two attached hydrogens (primary N) is 1. The zero-order valence-corrected chi connectivity index (χ0v) is 14.3. The van der Waals surface area contributed by atoms with E-state index < -0.39 is 22.7 Å². The number of nitriles is 2. The van der Waals surface area contributed by atoms with Gasteiger partial charge in [0.05, 0.1) is 12.1 Å². The second-order valence-electron chi connectivity index (χ2n) is 6.17. The molecule has 25 heavy (non-hydrogen) atoms. The molecular formula is C18H13ClN4O2.